The molecule has 39 nitrogen and oxygen atoms in total. The van der Waals surface area contributed by atoms with Crippen molar-refractivity contribution >= 4 is 17.7 Å². The molecule has 0 aromatic rings. The minimum atomic E-state index is -2.30. The second-order valence-corrected chi connectivity index (χ2v) is 21.8. The molecule has 0 radical (unpaired) electrons. The maximum atomic E-state index is 12.9. The van der Waals surface area contributed by atoms with Crippen molar-refractivity contribution < 1.29 is 178 Å². The van der Waals surface area contributed by atoms with Gasteiger partial charge in [-0.1, -0.05) is 0 Å². The summed E-state index contributed by atoms with van der Waals surface area (Å²) >= 11 is 0. The highest BCUT2D eigenvalue weighted by atomic mass is 16.8. The van der Waals surface area contributed by atoms with E-state index in [1.165, 1.54) is 0 Å². The van der Waals surface area contributed by atoms with Crippen LogP contribution in [0.1, 0.15) is 20.8 Å². The molecule has 504 valence electrons. The average Bonchev–Trinajstić information content (AvgIpc) is 1.08. The van der Waals surface area contributed by atoms with Crippen LogP contribution in [-0.4, -0.2) is 381 Å². The van der Waals surface area contributed by atoms with Crippen LogP contribution in [0.5, 0.6) is 0 Å². The van der Waals surface area contributed by atoms with E-state index in [1.54, 1.807) is 0 Å². The van der Waals surface area contributed by atoms with Gasteiger partial charge in [0.05, 0.1) is 46.2 Å². The Bertz CT molecular complexity index is 2180. The fraction of sp³-hybridized carbons (Fsp3) is 0.938. The molecule has 7 heterocycles. The van der Waals surface area contributed by atoms with Gasteiger partial charge in [0, 0.05) is 20.8 Å². The molecule has 7 saturated heterocycles. The summed E-state index contributed by atoms with van der Waals surface area (Å²) in [7, 11) is 0. The van der Waals surface area contributed by atoms with Crippen LogP contribution in [0.4, 0.5) is 0 Å². The summed E-state index contributed by atoms with van der Waals surface area (Å²) < 4.78 is 75.2. The number of rotatable bonds is 22. The van der Waals surface area contributed by atoms with E-state index < -0.39 is 279 Å². The van der Waals surface area contributed by atoms with Crippen LogP contribution in [0.3, 0.4) is 0 Å². The van der Waals surface area contributed by atoms with Crippen molar-refractivity contribution in [3.63, 3.8) is 0 Å². The molecule has 39 heteroatoms. The third-order valence-corrected chi connectivity index (χ3v) is 15.7. The molecule has 3 amide bonds. The first kappa shape index (κ1) is 71.5. The average molecular weight is 1280 g/mol. The SMILES string of the molecule is CC(=O)N[C@H]1[C@H](O[C@H]2[C@H](O)[C@@H](O)C(O)O[C@@H]2CO)O[C@H](CO)[C@H](O)[C@@H]1OC1O[C@H](CO)[C@@H](O[C@@H]2O[C@H](CO)[C@H](O)C(O[C@@H]3O[C@H](CO)[C@@H](O[C@@H]4O[C@H](CO)[C@H](O)[C@H](O[C@@H]5O[C@H](CO)[C@@H](O)[C@H](O)[C@H]5O)[C@H]4NC(C)=O)[C@H](O)[C@H]3O)[C@H]2NC(C)=O)[C@H](O)[C@H]1O. The molecule has 0 aliphatic carbocycles. The van der Waals surface area contributed by atoms with Crippen molar-refractivity contribution in [3.8, 4) is 0 Å². The molecule has 23 N–H and O–H groups in total. The van der Waals surface area contributed by atoms with Crippen LogP contribution in [0, 0.1) is 0 Å². The van der Waals surface area contributed by atoms with Gasteiger partial charge < -0.3 is 180 Å². The van der Waals surface area contributed by atoms with Gasteiger partial charge in [-0.2, -0.15) is 0 Å². The molecule has 7 fully saturated rings. The first-order valence-electron chi connectivity index (χ1n) is 27.6. The molecular weight excluding hydrogens is 1190 g/mol. The Morgan fingerprint density at radius 2 is 0.506 bits per heavy atom. The lowest BCUT2D eigenvalue weighted by Crippen LogP contribution is -2.71. The van der Waals surface area contributed by atoms with Crippen molar-refractivity contribution in [2.75, 3.05) is 46.2 Å². The van der Waals surface area contributed by atoms with Crippen LogP contribution in [0.25, 0.3) is 0 Å². The number of hydrogen-bond donors (Lipinski definition) is 23. The fourth-order valence-corrected chi connectivity index (χ4v) is 11.2. The predicted octanol–water partition coefficient (Wildman–Crippen LogP) is -15.8. The van der Waals surface area contributed by atoms with E-state index in [0.717, 1.165) is 20.8 Å². The van der Waals surface area contributed by atoms with Gasteiger partial charge in [0.25, 0.3) is 0 Å². The Balaban J connectivity index is 1.09. The van der Waals surface area contributed by atoms with E-state index in [4.69, 9.17) is 61.6 Å². The number of amides is 3. The second kappa shape index (κ2) is 31.1. The van der Waals surface area contributed by atoms with Crippen molar-refractivity contribution in [2.45, 2.75) is 236 Å². The molecule has 7 rings (SSSR count). The Morgan fingerprint density at radius 1 is 0.276 bits per heavy atom. The topological polar surface area (TPSA) is 612 Å². The van der Waals surface area contributed by atoms with E-state index in [-0.39, 0.29) is 0 Å². The quantitative estimate of drug-likeness (QED) is 0.0479. The van der Waals surface area contributed by atoms with Gasteiger partial charge in [0.2, 0.25) is 17.7 Å². The van der Waals surface area contributed by atoms with Gasteiger partial charge in [-0.15, -0.1) is 0 Å². The second-order valence-electron chi connectivity index (χ2n) is 21.8. The summed E-state index contributed by atoms with van der Waals surface area (Å²) in [6.07, 6.45) is -62.1. The van der Waals surface area contributed by atoms with Crippen molar-refractivity contribution in [1.82, 2.24) is 16.0 Å². The van der Waals surface area contributed by atoms with Crippen molar-refractivity contribution in [3.05, 3.63) is 0 Å². The van der Waals surface area contributed by atoms with E-state index in [2.05, 4.69) is 16.0 Å². The number of hydrogen-bond acceptors (Lipinski definition) is 36. The van der Waals surface area contributed by atoms with Crippen LogP contribution < -0.4 is 16.0 Å². The van der Waals surface area contributed by atoms with Crippen molar-refractivity contribution in [1.29, 1.82) is 0 Å². The van der Waals surface area contributed by atoms with Crippen molar-refractivity contribution in [2.24, 2.45) is 0 Å². The van der Waals surface area contributed by atoms with Crippen LogP contribution in [0.2, 0.25) is 0 Å². The third-order valence-electron chi connectivity index (χ3n) is 15.7. The van der Waals surface area contributed by atoms with E-state index in [0.29, 0.717) is 0 Å². The van der Waals surface area contributed by atoms with Crippen LogP contribution in [0.15, 0.2) is 0 Å². The Hall–Kier alpha value is -2.91. The number of nitrogens with one attached hydrogen (secondary N) is 3. The summed E-state index contributed by atoms with van der Waals surface area (Å²) in [6, 6.07) is -5.28. The molecule has 7 aliphatic rings. The smallest absolute Gasteiger partial charge is 0.217 e. The molecule has 35 atom stereocenters. The Morgan fingerprint density at radius 3 is 0.793 bits per heavy atom. The summed E-state index contributed by atoms with van der Waals surface area (Å²) in [5.74, 6) is -2.59. The third kappa shape index (κ3) is 15.6. The highest BCUT2D eigenvalue weighted by Crippen LogP contribution is 2.38. The van der Waals surface area contributed by atoms with Crippen LogP contribution >= 0.6 is 0 Å². The molecule has 7 aliphatic heterocycles. The minimum Gasteiger partial charge on any atom is -0.394 e. The molecular formula is C48H81N3O36. The zero-order valence-corrected chi connectivity index (χ0v) is 46.6. The lowest BCUT2D eigenvalue weighted by Gasteiger charge is -2.51. The zero-order valence-electron chi connectivity index (χ0n) is 46.6. The highest BCUT2D eigenvalue weighted by molar-refractivity contribution is 5.74. The summed E-state index contributed by atoms with van der Waals surface area (Å²) in [5.41, 5.74) is 0. The molecule has 0 bridgehead atoms. The summed E-state index contributed by atoms with van der Waals surface area (Å²) in [4.78, 5) is 38.1. The molecule has 3 unspecified atom stereocenters. The summed E-state index contributed by atoms with van der Waals surface area (Å²) in [6.45, 7) is -4.08. The number of aliphatic hydroxyl groups is 20. The van der Waals surface area contributed by atoms with Gasteiger partial charge >= 0.3 is 0 Å². The number of carbonyl (C=O) groups is 3. The van der Waals surface area contributed by atoms with Gasteiger partial charge in [-0.3, -0.25) is 14.4 Å². The van der Waals surface area contributed by atoms with Gasteiger partial charge in [-0.05, 0) is 0 Å². The van der Waals surface area contributed by atoms with E-state index in [9.17, 15) is 117 Å². The lowest BCUT2D eigenvalue weighted by molar-refractivity contribution is -0.384. The first-order chi connectivity index (χ1) is 41.2. The number of aliphatic hydroxyl groups excluding tert-OH is 20. The normalized spacial score (nSPS) is 48.9. The van der Waals surface area contributed by atoms with Gasteiger partial charge in [-0.25, -0.2) is 0 Å². The molecule has 87 heavy (non-hydrogen) atoms. The van der Waals surface area contributed by atoms with Gasteiger partial charge in [0.15, 0.2) is 44.0 Å². The Labute approximate surface area is 492 Å². The number of carbonyl (C=O) groups excluding carboxylic acids is 3. The lowest BCUT2D eigenvalue weighted by atomic mass is 9.93. The maximum absolute atomic E-state index is 12.9. The standard InChI is InChI=1S/C48H81N3O36/c1-11(59)49-21-39(85-46-33(71)28(66)24(62)14(4-52)79-46)25(63)15(5-53)77-44(21)83-37-19(9-57)81-48(35(73)30(37)68)87-41-23(51-13(3)61)45(78-17(7-55)27(41)65)84-38-20(10-58)80-47(34(72)31(38)69)86-40-22(50-12(2)60)43(76-16(6-54)26(40)64)82-36-18(8-56)75-42(74)32(70)29(36)67/h14-48,52-58,62-74H,4-10H2,1-3H3,(H,49,59)(H,50,60)(H,51,61)/t14-,15-,16-,17-,18-,19-,20-,21-,22-,23-,24-,25+,26+,27+,28+,29-,30-,31-,32-,33-,34-,35-,36-,37-,38-,39-,40-,41?,42?,43+,44+,45+,46+,47?,48+/m1/s1. The molecule has 0 aromatic heterocycles. The number of ether oxygens (including phenoxy) is 13. The van der Waals surface area contributed by atoms with E-state index >= 15 is 0 Å². The molecule has 0 aromatic carbocycles. The zero-order chi connectivity index (χ0) is 64.2. The predicted molar refractivity (Wildman–Crippen MR) is 267 cm³/mol. The first-order valence-corrected chi connectivity index (χ1v) is 27.6. The fourth-order valence-electron chi connectivity index (χ4n) is 11.2. The largest absolute Gasteiger partial charge is 0.394 e. The molecule has 0 spiro atoms. The van der Waals surface area contributed by atoms with Crippen LogP contribution in [-0.2, 0) is 76.0 Å². The maximum Gasteiger partial charge on any atom is 0.217 e. The summed E-state index contributed by atoms with van der Waals surface area (Å²) in [5, 5.41) is 223. The van der Waals surface area contributed by atoms with Gasteiger partial charge in [0.1, 0.15) is 171 Å². The minimum absolute atomic E-state index is 0.840. The monoisotopic (exact) mass is 1280 g/mol. The van der Waals surface area contributed by atoms with E-state index in [1.807, 2.05) is 0 Å². The molecule has 0 saturated carbocycles. The highest BCUT2D eigenvalue weighted by Gasteiger charge is 2.59. The Kier molecular flexibility index (Phi) is 25.6.